The fourth-order valence-corrected chi connectivity index (χ4v) is 5.34. The molecule has 0 fully saturated rings. The van der Waals surface area contributed by atoms with Gasteiger partial charge in [0.05, 0.1) is 18.4 Å². The lowest BCUT2D eigenvalue weighted by Gasteiger charge is -2.14. The third kappa shape index (κ3) is 4.58. The number of thiophene rings is 1. The highest BCUT2D eigenvalue weighted by Crippen LogP contribution is 2.31. The number of ether oxygens (including phenoxy) is 1. The van der Waals surface area contributed by atoms with Gasteiger partial charge in [0.2, 0.25) is 0 Å². The Bertz CT molecular complexity index is 1280. The summed E-state index contributed by atoms with van der Waals surface area (Å²) in [5, 5.41) is 7.70. The van der Waals surface area contributed by atoms with Gasteiger partial charge in [-0.25, -0.2) is 17.9 Å². The van der Waals surface area contributed by atoms with E-state index >= 15 is 0 Å². The number of nitrogens with one attached hydrogen (secondary N) is 2. The number of aryl methyl sites for hydroxylation is 3. The molecule has 0 aliphatic heterocycles. The van der Waals surface area contributed by atoms with Crippen LogP contribution in [0.2, 0.25) is 5.02 Å². The number of halogens is 1. The van der Waals surface area contributed by atoms with E-state index in [2.05, 4.69) is 15.2 Å². The average molecular weight is 484 g/mol. The van der Waals surface area contributed by atoms with Crippen molar-refractivity contribution in [2.24, 2.45) is 0 Å². The number of methoxy groups -OCH3 is 1. The molecular weight excluding hydrogens is 466 g/mol. The summed E-state index contributed by atoms with van der Waals surface area (Å²) >= 11 is 6.90. The molecule has 1 aromatic carbocycles. The van der Waals surface area contributed by atoms with Gasteiger partial charge in [-0.3, -0.25) is 4.79 Å². The minimum atomic E-state index is -4.21. The van der Waals surface area contributed by atoms with E-state index in [1.807, 2.05) is 0 Å². The number of aromatic nitrogens is 1. The summed E-state index contributed by atoms with van der Waals surface area (Å²) in [5.74, 6) is -1.58. The Morgan fingerprint density at radius 3 is 2.55 bits per heavy atom. The lowest BCUT2D eigenvalue weighted by atomic mass is 10.0. The molecular formula is C19H18ClN3O6S2. The van der Waals surface area contributed by atoms with Crippen molar-refractivity contribution < 1.29 is 27.3 Å². The van der Waals surface area contributed by atoms with Gasteiger partial charge < -0.3 is 14.6 Å². The molecule has 2 heterocycles. The minimum Gasteiger partial charge on any atom is -0.465 e. The van der Waals surface area contributed by atoms with Crippen LogP contribution in [0.5, 0.6) is 0 Å². The van der Waals surface area contributed by atoms with Crippen LogP contribution in [0.4, 0.5) is 11.6 Å². The molecule has 1 amide bonds. The third-order valence-electron chi connectivity index (χ3n) is 4.27. The Morgan fingerprint density at radius 1 is 1.23 bits per heavy atom. The van der Waals surface area contributed by atoms with E-state index in [-0.39, 0.29) is 31.9 Å². The number of amides is 1. The molecule has 0 spiro atoms. The fourth-order valence-electron chi connectivity index (χ4n) is 2.85. The highest BCUT2D eigenvalue weighted by molar-refractivity contribution is 7.93. The maximum atomic E-state index is 13.0. The van der Waals surface area contributed by atoms with Crippen LogP contribution in [0.1, 0.15) is 36.9 Å². The Hall–Kier alpha value is -2.89. The van der Waals surface area contributed by atoms with E-state index < -0.39 is 21.9 Å². The average Bonchev–Trinajstić information content (AvgIpc) is 3.32. The van der Waals surface area contributed by atoms with Crippen LogP contribution in [-0.4, -0.2) is 32.6 Å². The minimum absolute atomic E-state index is 0.0165. The number of hydrogen-bond acceptors (Lipinski definition) is 8. The number of rotatable bonds is 6. The van der Waals surface area contributed by atoms with E-state index in [4.69, 9.17) is 20.9 Å². The quantitative estimate of drug-likeness (QED) is 0.504. The van der Waals surface area contributed by atoms with E-state index in [0.717, 1.165) is 16.9 Å². The molecule has 0 unspecified atom stereocenters. The van der Waals surface area contributed by atoms with Gasteiger partial charge in [-0.15, -0.1) is 11.3 Å². The van der Waals surface area contributed by atoms with Gasteiger partial charge in [0.15, 0.2) is 0 Å². The number of benzene rings is 1. The van der Waals surface area contributed by atoms with Crippen molar-refractivity contribution in [3.63, 3.8) is 0 Å². The van der Waals surface area contributed by atoms with Crippen molar-refractivity contribution in [1.82, 2.24) is 5.16 Å². The highest BCUT2D eigenvalue weighted by atomic mass is 35.5. The molecule has 2 N–H and O–H groups in total. The normalized spacial score (nSPS) is 11.3. The Kier molecular flexibility index (Phi) is 6.39. The number of hydrogen-bond donors (Lipinski definition) is 2. The first kappa shape index (κ1) is 22.8. The molecule has 164 valence electrons. The maximum Gasteiger partial charge on any atom is 0.339 e. The summed E-state index contributed by atoms with van der Waals surface area (Å²) in [6.07, 6.45) is 0. The van der Waals surface area contributed by atoms with Crippen molar-refractivity contribution in [1.29, 1.82) is 0 Å². The first-order chi connectivity index (χ1) is 14.5. The molecule has 0 aliphatic rings. The summed E-state index contributed by atoms with van der Waals surface area (Å²) in [6.45, 7) is 5.07. The molecule has 0 radical (unpaired) electrons. The number of esters is 1. The van der Waals surface area contributed by atoms with Crippen molar-refractivity contribution >= 4 is 56.4 Å². The first-order valence-corrected chi connectivity index (χ1v) is 11.5. The molecule has 3 aromatic rings. The Labute approximate surface area is 187 Å². The van der Waals surface area contributed by atoms with Crippen LogP contribution < -0.4 is 10.0 Å². The summed E-state index contributed by atoms with van der Waals surface area (Å²) < 4.78 is 37.5. The zero-order valence-corrected chi connectivity index (χ0v) is 19.3. The molecule has 0 saturated carbocycles. The summed E-state index contributed by atoms with van der Waals surface area (Å²) in [6, 6.07) is 4.64. The summed E-state index contributed by atoms with van der Waals surface area (Å²) in [4.78, 5) is 24.8. The molecule has 12 heteroatoms. The molecule has 0 aliphatic carbocycles. The standard InChI is InChI=1S/C19H18ClN3O6S2/c1-9-7-10(2)15(12(8-9)19(25)28-4)21-17(24)16-13(5-6-30-16)31(26,27)23-18-14(20)11(3)22-29-18/h5-8,23H,1-4H3,(H,21,24). The van der Waals surface area contributed by atoms with Gasteiger partial charge >= 0.3 is 5.97 Å². The maximum absolute atomic E-state index is 13.0. The van der Waals surface area contributed by atoms with Crippen molar-refractivity contribution in [2.75, 3.05) is 17.1 Å². The molecule has 0 bridgehead atoms. The molecule has 0 saturated heterocycles. The van der Waals surface area contributed by atoms with Crippen LogP contribution in [0.25, 0.3) is 0 Å². The van der Waals surface area contributed by atoms with Crippen LogP contribution >= 0.6 is 22.9 Å². The second-order valence-electron chi connectivity index (χ2n) is 6.58. The SMILES string of the molecule is COC(=O)c1cc(C)cc(C)c1NC(=O)c1sccc1S(=O)(=O)Nc1onc(C)c1Cl. The van der Waals surface area contributed by atoms with Gasteiger partial charge in [-0.2, -0.15) is 0 Å². The number of carbonyl (C=O) groups excluding carboxylic acids is 2. The van der Waals surface area contributed by atoms with Crippen molar-refractivity contribution in [3.05, 3.63) is 55.9 Å². The summed E-state index contributed by atoms with van der Waals surface area (Å²) in [7, 11) is -2.97. The smallest absolute Gasteiger partial charge is 0.339 e. The number of sulfonamides is 1. The molecule has 9 nitrogen and oxygen atoms in total. The van der Waals surface area contributed by atoms with E-state index in [9.17, 15) is 18.0 Å². The van der Waals surface area contributed by atoms with Gasteiger partial charge in [-0.05, 0) is 49.4 Å². The molecule has 31 heavy (non-hydrogen) atoms. The van der Waals surface area contributed by atoms with Crippen LogP contribution in [0.15, 0.2) is 33.0 Å². The highest BCUT2D eigenvalue weighted by Gasteiger charge is 2.28. The topological polar surface area (TPSA) is 128 Å². The number of carbonyl (C=O) groups is 2. The van der Waals surface area contributed by atoms with Gasteiger partial charge in [0, 0.05) is 0 Å². The predicted molar refractivity (Wildman–Crippen MR) is 117 cm³/mol. The fraction of sp³-hybridized carbons (Fsp3) is 0.211. The predicted octanol–water partition coefficient (Wildman–Crippen LogP) is 4.15. The zero-order chi connectivity index (χ0) is 22.9. The number of nitrogens with zero attached hydrogens (tertiary/aromatic N) is 1. The molecule has 2 aromatic heterocycles. The van der Waals surface area contributed by atoms with Gasteiger partial charge in [0.25, 0.3) is 21.8 Å². The summed E-state index contributed by atoms with van der Waals surface area (Å²) in [5.41, 5.74) is 2.14. The van der Waals surface area contributed by atoms with Crippen molar-refractivity contribution in [3.8, 4) is 0 Å². The van der Waals surface area contributed by atoms with Crippen LogP contribution in [0, 0.1) is 20.8 Å². The largest absolute Gasteiger partial charge is 0.465 e. The second-order valence-corrected chi connectivity index (χ2v) is 9.53. The first-order valence-electron chi connectivity index (χ1n) is 8.78. The van der Waals surface area contributed by atoms with Crippen LogP contribution in [0.3, 0.4) is 0 Å². The Balaban J connectivity index is 1.95. The van der Waals surface area contributed by atoms with Gasteiger partial charge in [-0.1, -0.05) is 22.8 Å². The van der Waals surface area contributed by atoms with E-state index in [1.54, 1.807) is 32.9 Å². The Morgan fingerprint density at radius 2 is 1.94 bits per heavy atom. The molecule has 0 atom stereocenters. The van der Waals surface area contributed by atoms with Gasteiger partial charge in [0.1, 0.15) is 20.5 Å². The van der Waals surface area contributed by atoms with E-state index in [0.29, 0.717) is 11.3 Å². The lowest BCUT2D eigenvalue weighted by molar-refractivity contribution is 0.0601. The number of anilines is 2. The second kappa shape index (κ2) is 8.69. The third-order valence-corrected chi connectivity index (χ3v) is 7.13. The zero-order valence-electron chi connectivity index (χ0n) is 16.9. The lowest BCUT2D eigenvalue weighted by Crippen LogP contribution is -2.20. The van der Waals surface area contributed by atoms with E-state index in [1.165, 1.54) is 18.6 Å². The van der Waals surface area contributed by atoms with Crippen LogP contribution in [-0.2, 0) is 14.8 Å². The molecule has 3 rings (SSSR count). The monoisotopic (exact) mass is 483 g/mol. The van der Waals surface area contributed by atoms with Crippen molar-refractivity contribution in [2.45, 2.75) is 25.7 Å².